The lowest BCUT2D eigenvalue weighted by Gasteiger charge is -2.29. The van der Waals surface area contributed by atoms with Crippen molar-refractivity contribution in [3.05, 3.63) is 53.8 Å². The Morgan fingerprint density at radius 3 is 2.50 bits per heavy atom. The zero-order chi connectivity index (χ0) is 14.4. The summed E-state index contributed by atoms with van der Waals surface area (Å²) in [7, 11) is 2.20. The highest BCUT2D eigenvalue weighted by Crippen LogP contribution is 2.34. The van der Waals surface area contributed by atoms with Crippen molar-refractivity contribution < 1.29 is 0 Å². The van der Waals surface area contributed by atoms with Crippen LogP contribution in [0.2, 0.25) is 0 Å². The van der Waals surface area contributed by atoms with Gasteiger partial charge in [-0.25, -0.2) is 0 Å². The Morgan fingerprint density at radius 2 is 1.85 bits per heavy atom. The number of benzene rings is 1. The summed E-state index contributed by atoms with van der Waals surface area (Å²) < 4.78 is 0. The van der Waals surface area contributed by atoms with Crippen LogP contribution in [0, 0.1) is 0 Å². The molecule has 0 heterocycles. The molecule has 1 saturated carbocycles. The van der Waals surface area contributed by atoms with Gasteiger partial charge in [0.1, 0.15) is 0 Å². The highest BCUT2D eigenvalue weighted by atomic mass is 15.1. The highest BCUT2D eigenvalue weighted by molar-refractivity contribution is 5.54. The summed E-state index contributed by atoms with van der Waals surface area (Å²) in [5.41, 5.74) is 5.66. The predicted octanol–water partition coefficient (Wildman–Crippen LogP) is 5.70. The van der Waals surface area contributed by atoms with Crippen LogP contribution >= 0.6 is 0 Å². The molecule has 0 bridgehead atoms. The van der Waals surface area contributed by atoms with E-state index in [0.29, 0.717) is 0 Å². The Labute approximate surface area is 124 Å². The van der Waals surface area contributed by atoms with Crippen LogP contribution in [-0.4, -0.2) is 7.05 Å². The summed E-state index contributed by atoms with van der Waals surface area (Å²) in [6.07, 6.45) is 8.65. The molecule has 1 aliphatic rings. The van der Waals surface area contributed by atoms with Crippen molar-refractivity contribution in [2.75, 3.05) is 11.9 Å². The number of allylic oxidation sites excluding steroid dienone is 3. The summed E-state index contributed by atoms with van der Waals surface area (Å²) in [5.74, 6) is 0. The zero-order valence-electron chi connectivity index (χ0n) is 13.0. The molecule has 0 aliphatic heterocycles. The summed E-state index contributed by atoms with van der Waals surface area (Å²) in [6, 6.07) is 10.7. The quantitative estimate of drug-likeness (QED) is 0.663. The lowest BCUT2D eigenvalue weighted by Crippen LogP contribution is -2.20. The minimum atomic E-state index is 1.16. The van der Waals surface area contributed by atoms with Gasteiger partial charge in [-0.15, -0.1) is 0 Å². The number of nitrogens with zero attached hydrogens (tertiary/aromatic N) is 1. The van der Waals surface area contributed by atoms with Crippen LogP contribution < -0.4 is 4.90 Å². The molecular formula is C19H27N. The van der Waals surface area contributed by atoms with Crippen molar-refractivity contribution in [2.24, 2.45) is 0 Å². The van der Waals surface area contributed by atoms with Gasteiger partial charge in [-0.1, -0.05) is 43.7 Å². The first-order chi connectivity index (χ1) is 9.74. The summed E-state index contributed by atoms with van der Waals surface area (Å²) in [6.45, 7) is 6.58. The van der Waals surface area contributed by atoms with E-state index in [-0.39, 0.29) is 0 Å². The van der Waals surface area contributed by atoms with Crippen molar-refractivity contribution in [3.8, 4) is 0 Å². The van der Waals surface area contributed by atoms with E-state index >= 15 is 0 Å². The molecular weight excluding hydrogens is 242 g/mol. The second-order valence-corrected chi connectivity index (χ2v) is 5.73. The molecule has 0 saturated heterocycles. The number of unbranched alkanes of at least 4 members (excludes halogenated alkanes) is 1. The Hall–Kier alpha value is -1.50. The maximum absolute atomic E-state index is 4.32. The minimum absolute atomic E-state index is 1.16. The van der Waals surface area contributed by atoms with Gasteiger partial charge in [-0.3, -0.25) is 0 Å². The van der Waals surface area contributed by atoms with Gasteiger partial charge in [0, 0.05) is 18.4 Å². The van der Waals surface area contributed by atoms with E-state index in [1.54, 1.807) is 0 Å². The molecule has 0 amide bonds. The van der Waals surface area contributed by atoms with Crippen molar-refractivity contribution >= 4 is 5.69 Å². The van der Waals surface area contributed by atoms with E-state index in [9.17, 15) is 0 Å². The summed E-state index contributed by atoms with van der Waals surface area (Å²) >= 11 is 0. The highest BCUT2D eigenvalue weighted by Gasteiger charge is 2.17. The average molecular weight is 269 g/mol. The Morgan fingerprint density at radius 1 is 1.15 bits per heavy atom. The van der Waals surface area contributed by atoms with Crippen LogP contribution in [0.5, 0.6) is 0 Å². The van der Waals surface area contributed by atoms with Crippen LogP contribution in [0.15, 0.2) is 53.8 Å². The number of hydrogen-bond acceptors (Lipinski definition) is 1. The monoisotopic (exact) mass is 269 g/mol. The second-order valence-electron chi connectivity index (χ2n) is 5.73. The molecule has 1 fully saturated rings. The van der Waals surface area contributed by atoms with Gasteiger partial charge in [0.05, 0.1) is 0 Å². The van der Waals surface area contributed by atoms with Crippen LogP contribution in [0.3, 0.4) is 0 Å². The number of para-hydroxylation sites is 1. The van der Waals surface area contributed by atoms with Crippen LogP contribution in [0.4, 0.5) is 5.69 Å². The first-order valence-corrected chi connectivity index (χ1v) is 7.93. The largest absolute Gasteiger partial charge is 0.348 e. The van der Waals surface area contributed by atoms with E-state index in [1.807, 2.05) is 0 Å². The molecule has 0 atom stereocenters. The molecule has 0 aromatic heterocycles. The van der Waals surface area contributed by atoms with Gasteiger partial charge in [0.2, 0.25) is 0 Å². The van der Waals surface area contributed by atoms with Crippen molar-refractivity contribution in [3.63, 3.8) is 0 Å². The topological polar surface area (TPSA) is 3.24 Å². The van der Waals surface area contributed by atoms with Crippen LogP contribution in [0.1, 0.15) is 51.9 Å². The maximum atomic E-state index is 4.32. The Balaban J connectivity index is 2.31. The lowest BCUT2D eigenvalue weighted by atomic mass is 9.87. The Bertz CT molecular complexity index is 470. The second kappa shape index (κ2) is 7.33. The first kappa shape index (κ1) is 14.9. The maximum Gasteiger partial charge on any atom is 0.0405 e. The molecule has 1 aromatic carbocycles. The van der Waals surface area contributed by atoms with Gasteiger partial charge in [-0.2, -0.15) is 0 Å². The molecule has 1 nitrogen and oxygen atoms in total. The summed E-state index contributed by atoms with van der Waals surface area (Å²) in [4.78, 5) is 2.38. The van der Waals surface area contributed by atoms with E-state index in [0.717, 1.165) is 6.42 Å². The zero-order valence-corrected chi connectivity index (χ0v) is 13.0. The molecule has 1 heteroatoms. The van der Waals surface area contributed by atoms with Crippen LogP contribution in [-0.2, 0) is 0 Å². The molecule has 108 valence electrons. The van der Waals surface area contributed by atoms with Crippen molar-refractivity contribution in [1.82, 2.24) is 0 Å². The first-order valence-electron chi connectivity index (χ1n) is 7.93. The van der Waals surface area contributed by atoms with Gasteiger partial charge >= 0.3 is 0 Å². The molecule has 2 rings (SSSR count). The van der Waals surface area contributed by atoms with Gasteiger partial charge in [0.15, 0.2) is 0 Å². The van der Waals surface area contributed by atoms with Gasteiger partial charge in [-0.05, 0) is 56.2 Å². The molecule has 1 aliphatic carbocycles. The predicted molar refractivity (Wildman–Crippen MR) is 89.0 cm³/mol. The van der Waals surface area contributed by atoms with E-state index in [2.05, 4.69) is 55.8 Å². The minimum Gasteiger partial charge on any atom is -0.348 e. The van der Waals surface area contributed by atoms with E-state index in [4.69, 9.17) is 0 Å². The molecule has 1 aromatic rings. The molecule has 0 unspecified atom stereocenters. The fourth-order valence-electron chi connectivity index (χ4n) is 2.99. The third-order valence-corrected chi connectivity index (χ3v) is 4.25. The molecule has 0 N–H and O–H groups in total. The third kappa shape index (κ3) is 3.53. The van der Waals surface area contributed by atoms with E-state index < -0.39 is 0 Å². The average Bonchev–Trinajstić information content (AvgIpc) is 2.50. The van der Waals surface area contributed by atoms with Crippen LogP contribution in [0.25, 0.3) is 0 Å². The molecule has 20 heavy (non-hydrogen) atoms. The summed E-state index contributed by atoms with van der Waals surface area (Å²) in [5, 5.41) is 0. The van der Waals surface area contributed by atoms with Crippen molar-refractivity contribution in [1.29, 1.82) is 0 Å². The van der Waals surface area contributed by atoms with Gasteiger partial charge < -0.3 is 4.90 Å². The number of anilines is 1. The number of hydrogen-bond donors (Lipinski definition) is 0. The van der Waals surface area contributed by atoms with Gasteiger partial charge in [0.25, 0.3) is 0 Å². The smallest absolute Gasteiger partial charge is 0.0405 e. The number of rotatable bonds is 5. The normalized spacial score (nSPS) is 18.0. The fraction of sp³-hybridized carbons (Fsp3) is 0.474. The lowest BCUT2D eigenvalue weighted by molar-refractivity contribution is 0.659. The van der Waals surface area contributed by atoms with Crippen molar-refractivity contribution in [2.45, 2.75) is 51.9 Å². The molecule has 0 spiro atoms. The standard InChI is InChI=1S/C19H27N/c1-4-5-15-19(18-14-10-9-11-16(18)2)20(3)17-12-7-6-8-13-17/h6-8,12-13H,2,4-5,9-11,14-15H2,1,3H3/b19-18-. The fourth-order valence-corrected chi connectivity index (χ4v) is 2.99. The third-order valence-electron chi connectivity index (χ3n) is 4.25. The van der Waals surface area contributed by atoms with E-state index in [1.165, 1.54) is 61.1 Å². The Kier molecular flexibility index (Phi) is 5.46. The SMILES string of the molecule is C=C1CCCC/C1=C(\CCCC)N(C)c1ccccc1. The molecule has 0 radical (unpaired) electrons.